The number of rotatable bonds is 0. The summed E-state index contributed by atoms with van der Waals surface area (Å²) in [6.45, 7) is -0.500. The fourth-order valence-electron chi connectivity index (χ4n) is 0. The van der Waals surface area contributed by atoms with Crippen LogP contribution in [0, 0.1) is 10.1 Å². The van der Waals surface area contributed by atoms with Crippen LogP contribution in [0.3, 0.4) is 0 Å². The second-order valence-corrected chi connectivity index (χ2v) is 0.449. The van der Waals surface area contributed by atoms with Gasteiger partial charge < -0.3 is 15.4 Å². The van der Waals surface area contributed by atoms with E-state index in [2.05, 4.69) is 0 Å². The van der Waals surface area contributed by atoms with Crippen molar-refractivity contribution in [2.75, 3.05) is 0 Å². The molecule has 3 N–H and O–H groups in total. The van der Waals surface area contributed by atoms with E-state index in [4.69, 9.17) is 35.1 Å². The van der Waals surface area contributed by atoms with E-state index >= 15 is 0 Å². The van der Waals surface area contributed by atoms with Crippen molar-refractivity contribution in [3.05, 3.63) is 10.1 Å². The van der Waals surface area contributed by atoms with E-state index in [0.29, 0.717) is 0 Å². The molecule has 0 radical (unpaired) electrons. The maximum atomic E-state index is 8.36. The summed E-state index contributed by atoms with van der Waals surface area (Å²) in [5, 5.41) is 27.4. The Hall–Kier alpha value is -0.600. The number of carboxylic acid groups (broad SMARTS) is 2. The third kappa shape index (κ3) is 1430. The Morgan fingerprint density at radius 3 is 1.18 bits per heavy atom. The average molecular weight is 197 g/mol. The van der Waals surface area contributed by atoms with Gasteiger partial charge in [-0.25, -0.2) is 0 Å². The van der Waals surface area contributed by atoms with Gasteiger partial charge in [-0.1, -0.05) is 0 Å². The van der Waals surface area contributed by atoms with Gasteiger partial charge in [0.2, 0.25) is 0 Å². The Kier molecular flexibility index (Phi) is 69.9. The van der Waals surface area contributed by atoms with Crippen molar-refractivity contribution in [3.8, 4) is 0 Å². The van der Waals surface area contributed by atoms with Gasteiger partial charge in [-0.2, -0.15) is 0 Å². The molecule has 0 unspecified atom stereocenters. The van der Waals surface area contributed by atoms with Crippen LogP contribution >= 0.6 is 0 Å². The van der Waals surface area contributed by atoms with E-state index < -0.39 is 5.09 Å². The molecule has 9 heteroatoms. The molecule has 0 bridgehead atoms. The van der Waals surface area contributed by atoms with Gasteiger partial charge in [-0.3, -0.25) is 9.59 Å². The number of hydrogen-bond acceptors (Lipinski definition) is 4. The van der Waals surface area contributed by atoms with E-state index in [0.717, 1.165) is 0 Å². The summed E-state index contributed by atoms with van der Waals surface area (Å²) in [6.07, 6.45) is 0. The van der Waals surface area contributed by atoms with Gasteiger partial charge >= 0.3 is 37.7 Å². The Balaban J connectivity index is -0.0000000325. The zero-order valence-corrected chi connectivity index (χ0v) is 4.58. The monoisotopic (exact) mass is 197 g/mol. The van der Waals surface area contributed by atoms with Crippen LogP contribution in [0.5, 0.6) is 0 Å². The van der Waals surface area contributed by atoms with Gasteiger partial charge in [0.25, 0.3) is 18.0 Å². The van der Waals surface area contributed by atoms with Crippen LogP contribution in [0.2, 0.25) is 0 Å². The third-order valence-electron chi connectivity index (χ3n) is 0. The first-order valence-corrected chi connectivity index (χ1v) is 1.55. The van der Waals surface area contributed by atoms with Crippen LogP contribution in [0.25, 0.3) is 0 Å². The van der Waals surface area contributed by atoms with E-state index in [9.17, 15) is 0 Å². The summed E-state index contributed by atoms with van der Waals surface area (Å²) < 4.78 is 0. The first kappa shape index (κ1) is 22.4. The normalized spacial score (nSPS) is 4.36. The molecular formula is C2H7CaNO7. The molecule has 0 saturated heterocycles. The predicted octanol–water partition coefficient (Wildman–Crippen LogP) is -1.86. The van der Waals surface area contributed by atoms with E-state index in [1.807, 2.05) is 0 Å². The first-order valence-electron chi connectivity index (χ1n) is 1.55. The Bertz CT molecular complexity index is 84.4. The molecule has 0 atom stereocenters. The van der Waals surface area contributed by atoms with Crippen LogP contribution in [-0.4, -0.2) is 71.2 Å². The van der Waals surface area contributed by atoms with Crippen molar-refractivity contribution < 1.29 is 30.1 Å². The topological polar surface area (TPSA) is 138 Å². The first-order chi connectivity index (χ1) is 4.56. The molecule has 0 aromatic heterocycles. The standard InChI is InChI=1S/2CH2O2.Ca.HNO3.2H/c2*2-1-3;;2-1(3)4;;/h2*1H,(H,2,3);;(H,2,3,4);;. The second kappa shape index (κ2) is 34.3. The molecule has 0 fully saturated rings. The molecule has 8 nitrogen and oxygen atoms in total. The zero-order chi connectivity index (χ0) is 8.99. The molecule has 64 valence electrons. The molecule has 0 amide bonds. The summed E-state index contributed by atoms with van der Waals surface area (Å²) in [5.74, 6) is 0. The van der Waals surface area contributed by atoms with Gasteiger partial charge in [0.1, 0.15) is 0 Å². The molecule has 0 aromatic carbocycles. The van der Waals surface area contributed by atoms with Gasteiger partial charge in [-0.05, 0) is 0 Å². The summed E-state index contributed by atoms with van der Waals surface area (Å²) in [7, 11) is 0. The van der Waals surface area contributed by atoms with Crippen LogP contribution in [0.1, 0.15) is 0 Å². The fraction of sp³-hybridized carbons (Fsp3) is 0. The maximum absolute atomic E-state index is 8.36. The van der Waals surface area contributed by atoms with Crippen molar-refractivity contribution in [2.24, 2.45) is 0 Å². The molecule has 0 aromatic rings. The molecule has 0 aliphatic heterocycles. The van der Waals surface area contributed by atoms with Gasteiger partial charge in [0.15, 0.2) is 0 Å². The van der Waals surface area contributed by atoms with Crippen molar-refractivity contribution in [1.29, 1.82) is 0 Å². The average Bonchev–Trinajstić information content (AvgIpc) is 1.65. The number of carbonyl (C=O) groups is 2. The zero-order valence-electron chi connectivity index (χ0n) is 4.58. The van der Waals surface area contributed by atoms with E-state index in [1.165, 1.54) is 0 Å². The van der Waals surface area contributed by atoms with E-state index in [-0.39, 0.29) is 50.7 Å². The molecule has 0 spiro atoms. The molecule has 0 heterocycles. The molecule has 11 heavy (non-hydrogen) atoms. The fourth-order valence-corrected chi connectivity index (χ4v) is 0. The Labute approximate surface area is 90.5 Å². The summed E-state index contributed by atoms with van der Waals surface area (Å²) in [4.78, 5) is 25.1. The molecule has 0 aliphatic carbocycles. The van der Waals surface area contributed by atoms with Gasteiger partial charge in [0, 0.05) is 0 Å². The summed E-state index contributed by atoms with van der Waals surface area (Å²) >= 11 is 0. The quantitative estimate of drug-likeness (QED) is 0.179. The SMILES string of the molecule is O=CO.O=CO.O=[N+]([O-])O.[CaH2]. The van der Waals surface area contributed by atoms with Crippen molar-refractivity contribution >= 4 is 50.7 Å². The van der Waals surface area contributed by atoms with Crippen molar-refractivity contribution in [3.63, 3.8) is 0 Å². The molecule has 0 aliphatic rings. The van der Waals surface area contributed by atoms with Gasteiger partial charge in [0.05, 0.1) is 0 Å². The van der Waals surface area contributed by atoms with Crippen molar-refractivity contribution in [1.82, 2.24) is 0 Å². The minimum atomic E-state index is -1.50. The Morgan fingerprint density at radius 1 is 1.18 bits per heavy atom. The van der Waals surface area contributed by atoms with Crippen LogP contribution < -0.4 is 0 Å². The number of hydrogen-bond donors (Lipinski definition) is 3. The van der Waals surface area contributed by atoms with Gasteiger partial charge in [-0.15, -0.1) is 10.1 Å². The second-order valence-electron chi connectivity index (χ2n) is 0.449. The van der Waals surface area contributed by atoms with E-state index in [1.54, 1.807) is 0 Å². The molecule has 0 saturated carbocycles. The third-order valence-corrected chi connectivity index (χ3v) is 0. The van der Waals surface area contributed by atoms with Crippen molar-refractivity contribution in [2.45, 2.75) is 0 Å². The number of nitrogens with zero attached hydrogens (tertiary/aromatic N) is 1. The Morgan fingerprint density at radius 2 is 1.18 bits per heavy atom. The summed E-state index contributed by atoms with van der Waals surface area (Å²) in [6, 6.07) is 0. The molecule has 0 rings (SSSR count). The van der Waals surface area contributed by atoms with Crippen LogP contribution in [0.15, 0.2) is 0 Å². The predicted molar refractivity (Wildman–Crippen MR) is 34.7 cm³/mol. The van der Waals surface area contributed by atoms with Crippen LogP contribution in [-0.2, 0) is 9.59 Å². The molecular weight excluding hydrogens is 190 g/mol. The summed E-state index contributed by atoms with van der Waals surface area (Å²) in [5.41, 5.74) is 0. The minimum absolute atomic E-state index is 0. The van der Waals surface area contributed by atoms with Crippen LogP contribution in [0.4, 0.5) is 0 Å².